The Morgan fingerprint density at radius 3 is 0.447 bits per heavy atom. The molecule has 0 aliphatic heterocycles. The lowest BCUT2D eigenvalue weighted by atomic mass is 9.75. The van der Waals surface area contributed by atoms with Gasteiger partial charge in [-0.3, -0.25) is 0 Å². The van der Waals surface area contributed by atoms with E-state index in [0.717, 1.165) is 45.3 Å². The van der Waals surface area contributed by atoms with Crippen LogP contribution in [0.1, 0.15) is 68.2 Å². The third kappa shape index (κ3) is 8.27. The zero-order valence-electron chi connectivity index (χ0n) is 43.0. The highest BCUT2D eigenvalue weighted by molar-refractivity contribution is 5.77. The molecule has 0 amide bonds. The van der Waals surface area contributed by atoms with Gasteiger partial charge in [-0.2, -0.15) is 0 Å². The summed E-state index contributed by atoms with van der Waals surface area (Å²) < 4.78 is 24.5. The second-order valence-electron chi connectivity index (χ2n) is 20.1. The molecule has 28 aliphatic rings. The number of allylic oxidation sites excluding steroid dienone is 4. The van der Waals surface area contributed by atoms with Crippen molar-refractivity contribution in [3.63, 3.8) is 0 Å². The van der Waals surface area contributed by atoms with Gasteiger partial charge in [0.2, 0.25) is 0 Å². The van der Waals surface area contributed by atoms with Crippen LogP contribution in [0.2, 0.25) is 0 Å². The van der Waals surface area contributed by atoms with Crippen molar-refractivity contribution < 1.29 is 18.9 Å². The van der Waals surface area contributed by atoms with Crippen molar-refractivity contribution in [2.45, 2.75) is 23.7 Å². The second kappa shape index (κ2) is 19.6. The summed E-state index contributed by atoms with van der Waals surface area (Å²) in [6.07, 6.45) is 9.35. The standard InChI is InChI=1S/C72H56O4/c1-73-65-41-42-66(74-2)70-62-38-37-61(69(65)70)57-29-21-53(22-30-57)49-13-5-45(6-14-49)47-9-17-51(18-10-47)55-25-33-59(34-26-55)63-39-40-64(72-68(76-4)44-43-67(75-3)71(63)72)60-35-27-56(28-36-60)52-19-11-48(12-20-52)46-7-15-50(16-8-46)54-23-31-58(62)32-24-54/h5-44,61-64H,1-4H3. The molecule has 368 valence electrons. The molecule has 0 spiro atoms. The van der Waals surface area contributed by atoms with Gasteiger partial charge in [-0.05, 0) is 113 Å². The van der Waals surface area contributed by atoms with Crippen molar-refractivity contribution in [1.82, 2.24) is 0 Å². The van der Waals surface area contributed by atoms with Crippen LogP contribution >= 0.6 is 0 Å². The van der Waals surface area contributed by atoms with Crippen LogP contribution in [0, 0.1) is 0 Å². The van der Waals surface area contributed by atoms with Gasteiger partial charge in [-0.1, -0.05) is 218 Å². The van der Waals surface area contributed by atoms with Gasteiger partial charge in [-0.15, -0.1) is 0 Å². The van der Waals surface area contributed by atoms with Crippen molar-refractivity contribution >= 4 is 0 Å². The van der Waals surface area contributed by atoms with E-state index in [-0.39, 0.29) is 23.7 Å². The highest BCUT2D eigenvalue weighted by Gasteiger charge is 2.33. The van der Waals surface area contributed by atoms with Gasteiger partial charge in [0.25, 0.3) is 0 Å². The van der Waals surface area contributed by atoms with E-state index in [2.05, 4.69) is 218 Å². The number of rotatable bonds is 4. The summed E-state index contributed by atoms with van der Waals surface area (Å²) in [4.78, 5) is 0. The number of methoxy groups -OCH3 is 4. The maximum Gasteiger partial charge on any atom is 0.123 e. The molecule has 10 aromatic rings. The molecule has 0 saturated heterocycles. The normalized spacial score (nSPS) is 16.6. The quantitative estimate of drug-likeness (QED) is 0.165. The first-order valence-corrected chi connectivity index (χ1v) is 26.2. The SMILES string of the molecule is COc1ccc(OC)c2c1C1C=CC2c2ccc(cc2)-c2ccc(cc2)-c2ccc(cc2)-c2ccc(cc2)C2C=CC(c3ccc(cc3)-c3ccc(cc3)-c3ccc(cc3)-c3ccc1cc3)c1c(OC)ccc(OC)c12. The Hall–Kier alpha value is -9.12. The van der Waals surface area contributed by atoms with Crippen molar-refractivity contribution in [2.75, 3.05) is 28.4 Å². The van der Waals surface area contributed by atoms with E-state index in [4.69, 9.17) is 18.9 Å². The molecule has 0 radical (unpaired) electrons. The van der Waals surface area contributed by atoms with E-state index in [0.29, 0.717) is 0 Å². The average Bonchev–Trinajstić information content (AvgIpc) is 3.54. The highest BCUT2D eigenvalue weighted by atomic mass is 16.5. The number of hydrogen-bond acceptors (Lipinski definition) is 4. The zero-order chi connectivity index (χ0) is 51.3. The molecule has 0 N–H and O–H groups in total. The van der Waals surface area contributed by atoms with E-state index in [1.165, 1.54) is 89.0 Å². The van der Waals surface area contributed by atoms with Crippen LogP contribution in [0.15, 0.2) is 243 Å². The fourth-order valence-electron chi connectivity index (χ4n) is 12.1. The van der Waals surface area contributed by atoms with Crippen LogP contribution in [0.5, 0.6) is 23.0 Å². The Morgan fingerprint density at radius 1 is 0.184 bits per heavy atom. The Morgan fingerprint density at radius 2 is 0.316 bits per heavy atom. The van der Waals surface area contributed by atoms with Gasteiger partial charge in [0.1, 0.15) is 23.0 Å². The molecule has 0 aromatic heterocycles. The van der Waals surface area contributed by atoms with Crippen molar-refractivity contribution in [1.29, 1.82) is 0 Å². The summed E-state index contributed by atoms with van der Waals surface area (Å²) in [5.41, 5.74) is 23.4. The van der Waals surface area contributed by atoms with E-state index < -0.39 is 0 Å². The average molecular weight is 985 g/mol. The molecule has 38 rings (SSSR count). The predicted molar refractivity (Wildman–Crippen MR) is 310 cm³/mol. The summed E-state index contributed by atoms with van der Waals surface area (Å²) in [6.45, 7) is 0. The minimum absolute atomic E-state index is 0.0115. The second-order valence-corrected chi connectivity index (χ2v) is 20.1. The van der Waals surface area contributed by atoms with E-state index >= 15 is 0 Å². The smallest absolute Gasteiger partial charge is 0.123 e. The third-order valence-electron chi connectivity index (χ3n) is 16.1. The van der Waals surface area contributed by atoms with Gasteiger partial charge in [0.15, 0.2) is 0 Å². The summed E-state index contributed by atoms with van der Waals surface area (Å²) >= 11 is 0. The maximum atomic E-state index is 6.11. The van der Waals surface area contributed by atoms with Crippen molar-refractivity contribution in [3.8, 4) is 89.8 Å². The third-order valence-corrected chi connectivity index (χ3v) is 16.1. The van der Waals surface area contributed by atoms with Crippen LogP contribution in [0.4, 0.5) is 0 Å². The maximum absolute atomic E-state index is 6.11. The first-order chi connectivity index (χ1) is 37.5. The Bertz CT molecular complexity index is 3290. The lowest BCUT2D eigenvalue weighted by Crippen LogP contribution is -2.15. The molecule has 76 heavy (non-hydrogen) atoms. The molecule has 4 unspecified atom stereocenters. The van der Waals surface area contributed by atoms with Crippen LogP contribution in [0.3, 0.4) is 0 Å². The first kappa shape index (κ1) is 46.7. The molecule has 10 aromatic carbocycles. The summed E-state index contributed by atoms with van der Waals surface area (Å²) in [5.74, 6) is 3.38. The van der Waals surface area contributed by atoms with E-state index in [1.54, 1.807) is 28.4 Å². The van der Waals surface area contributed by atoms with Gasteiger partial charge < -0.3 is 18.9 Å². The number of hydrogen-bond donors (Lipinski definition) is 0. The number of ether oxygens (including phenoxy) is 4. The van der Waals surface area contributed by atoms with Crippen LogP contribution < -0.4 is 18.9 Å². The molecule has 0 fully saturated rings. The van der Waals surface area contributed by atoms with Gasteiger partial charge in [0.05, 0.1) is 28.4 Å². The Kier molecular flexibility index (Phi) is 12.0. The molecule has 0 saturated carbocycles. The summed E-state index contributed by atoms with van der Waals surface area (Å²) in [5, 5.41) is 0. The lowest BCUT2D eigenvalue weighted by molar-refractivity contribution is 0.392. The van der Waals surface area contributed by atoms with E-state index in [9.17, 15) is 0 Å². The number of fused-ring (bicyclic) bond motifs is 1. The number of benzene rings is 10. The monoisotopic (exact) mass is 984 g/mol. The van der Waals surface area contributed by atoms with Crippen LogP contribution in [0.25, 0.3) is 66.8 Å². The molecule has 4 nitrogen and oxygen atoms in total. The van der Waals surface area contributed by atoms with E-state index in [1.807, 2.05) is 24.3 Å². The van der Waals surface area contributed by atoms with Crippen LogP contribution in [-0.2, 0) is 0 Å². The minimum Gasteiger partial charge on any atom is -0.496 e. The summed E-state index contributed by atoms with van der Waals surface area (Å²) in [6, 6.07) is 79.7. The van der Waals surface area contributed by atoms with Crippen molar-refractivity contribution in [3.05, 3.63) is 287 Å². The lowest BCUT2D eigenvalue weighted by Gasteiger charge is -2.31. The summed E-state index contributed by atoms with van der Waals surface area (Å²) in [7, 11) is 7.05. The Balaban J connectivity index is 0.872. The van der Waals surface area contributed by atoms with Crippen LogP contribution in [-0.4, -0.2) is 28.4 Å². The molecule has 28 aliphatic carbocycles. The van der Waals surface area contributed by atoms with Gasteiger partial charge >= 0.3 is 0 Å². The molecule has 4 atom stereocenters. The molecule has 0 heterocycles. The fourth-order valence-corrected chi connectivity index (χ4v) is 12.1. The molecule has 20 bridgehead atoms. The zero-order valence-corrected chi connectivity index (χ0v) is 43.0. The van der Waals surface area contributed by atoms with Gasteiger partial charge in [0, 0.05) is 45.9 Å². The predicted octanol–water partition coefficient (Wildman–Crippen LogP) is 17.7. The molecular formula is C72H56O4. The Labute approximate surface area is 445 Å². The van der Waals surface area contributed by atoms with Gasteiger partial charge in [-0.25, -0.2) is 0 Å². The highest BCUT2D eigenvalue weighted by Crippen LogP contribution is 2.51. The largest absolute Gasteiger partial charge is 0.496 e. The fraction of sp³-hybridized carbons (Fsp3) is 0.111. The van der Waals surface area contributed by atoms with Crippen molar-refractivity contribution in [2.24, 2.45) is 0 Å². The minimum atomic E-state index is -0.0115. The molecule has 4 heteroatoms. The molecular weight excluding hydrogens is 929 g/mol. The topological polar surface area (TPSA) is 36.9 Å². The first-order valence-electron chi connectivity index (χ1n) is 26.2.